The number of hydrogen-bond donors (Lipinski definition) is 1. The minimum absolute atomic E-state index is 0.286. The molecule has 2 aromatic rings. The molecule has 0 aliphatic heterocycles. The van der Waals surface area contributed by atoms with Crippen LogP contribution in [0.25, 0.3) is 0 Å². The van der Waals surface area contributed by atoms with Crippen LogP contribution in [0.4, 0.5) is 10.5 Å². The molecule has 5 heteroatoms. The fourth-order valence-corrected chi connectivity index (χ4v) is 2.44. The number of amides is 2. The molecule has 0 atom stereocenters. The fourth-order valence-electron chi connectivity index (χ4n) is 2.44. The molecule has 0 unspecified atom stereocenters. The number of carbonyl (C=O) groups excluding carboxylic acids is 2. The Hall–Kier alpha value is -2.82. The van der Waals surface area contributed by atoms with E-state index in [1.165, 1.54) is 12.7 Å². The van der Waals surface area contributed by atoms with Gasteiger partial charge < -0.3 is 15.0 Å². The summed E-state index contributed by atoms with van der Waals surface area (Å²) in [6.07, 6.45) is 0. The highest BCUT2D eigenvalue weighted by atomic mass is 16.5. The van der Waals surface area contributed by atoms with E-state index in [2.05, 4.69) is 11.4 Å². The summed E-state index contributed by atoms with van der Waals surface area (Å²) in [4.78, 5) is 25.8. The van der Waals surface area contributed by atoms with Crippen LogP contribution in [0.3, 0.4) is 0 Å². The van der Waals surface area contributed by atoms with Crippen molar-refractivity contribution < 1.29 is 14.3 Å². The minimum atomic E-state index is -0.483. The van der Waals surface area contributed by atoms with E-state index >= 15 is 0 Å². The van der Waals surface area contributed by atoms with Gasteiger partial charge in [0.1, 0.15) is 0 Å². The van der Waals surface area contributed by atoms with Gasteiger partial charge in [-0.25, -0.2) is 9.59 Å². The molecule has 2 amide bonds. The normalized spacial score (nSPS) is 10.2. The van der Waals surface area contributed by atoms with Gasteiger partial charge in [0.2, 0.25) is 0 Å². The second-order valence-electron chi connectivity index (χ2n) is 5.75. The van der Waals surface area contributed by atoms with Crippen LogP contribution in [0.5, 0.6) is 0 Å². The molecule has 0 radical (unpaired) electrons. The van der Waals surface area contributed by atoms with Crippen molar-refractivity contribution in [2.24, 2.45) is 0 Å². The SMILES string of the molecule is COC(=O)c1ccccc1NC(=O)N(C)Cc1ccc(C)cc1C. The van der Waals surface area contributed by atoms with Gasteiger partial charge in [-0.3, -0.25) is 0 Å². The van der Waals surface area contributed by atoms with Gasteiger partial charge in [0.05, 0.1) is 18.4 Å². The number of ether oxygens (including phenoxy) is 1. The van der Waals surface area contributed by atoms with E-state index in [-0.39, 0.29) is 6.03 Å². The molecule has 0 heterocycles. The average Bonchev–Trinajstić information content (AvgIpc) is 2.57. The molecule has 0 bridgehead atoms. The first kappa shape index (κ1) is 17.5. The zero-order valence-corrected chi connectivity index (χ0v) is 14.4. The van der Waals surface area contributed by atoms with Gasteiger partial charge in [0.15, 0.2) is 0 Å². The number of rotatable bonds is 4. The molecule has 1 N–H and O–H groups in total. The standard InChI is InChI=1S/C19H22N2O3/c1-13-9-10-15(14(2)11-13)12-21(3)19(23)20-17-8-6-5-7-16(17)18(22)24-4/h5-11H,12H2,1-4H3,(H,20,23). The largest absolute Gasteiger partial charge is 0.465 e. The first-order valence-electron chi connectivity index (χ1n) is 7.68. The summed E-state index contributed by atoms with van der Waals surface area (Å²) in [7, 11) is 3.03. The maximum Gasteiger partial charge on any atom is 0.339 e. The third-order valence-corrected chi connectivity index (χ3v) is 3.83. The lowest BCUT2D eigenvalue weighted by Crippen LogP contribution is -2.31. The predicted molar refractivity (Wildman–Crippen MR) is 94.2 cm³/mol. The van der Waals surface area contributed by atoms with Crippen LogP contribution in [0.2, 0.25) is 0 Å². The number of anilines is 1. The number of para-hydroxylation sites is 1. The van der Waals surface area contributed by atoms with Crippen LogP contribution < -0.4 is 5.32 Å². The number of methoxy groups -OCH3 is 1. The Morgan fingerprint density at radius 3 is 2.50 bits per heavy atom. The van der Waals surface area contributed by atoms with Crippen molar-refractivity contribution in [1.82, 2.24) is 4.90 Å². The average molecular weight is 326 g/mol. The molecule has 2 aromatic carbocycles. The molecule has 2 rings (SSSR count). The Balaban J connectivity index is 2.11. The highest BCUT2D eigenvalue weighted by Crippen LogP contribution is 2.18. The number of carbonyl (C=O) groups is 2. The molecule has 5 nitrogen and oxygen atoms in total. The van der Waals surface area contributed by atoms with Crippen molar-refractivity contribution >= 4 is 17.7 Å². The number of aryl methyl sites for hydroxylation is 2. The molecule has 0 aromatic heterocycles. The quantitative estimate of drug-likeness (QED) is 0.871. The van der Waals surface area contributed by atoms with Crippen molar-refractivity contribution in [3.63, 3.8) is 0 Å². The predicted octanol–water partition coefficient (Wildman–Crippen LogP) is 3.75. The van der Waals surface area contributed by atoms with E-state index in [1.54, 1.807) is 36.2 Å². The summed E-state index contributed by atoms with van der Waals surface area (Å²) in [5.74, 6) is -0.483. The van der Waals surface area contributed by atoms with Gasteiger partial charge in [-0.15, -0.1) is 0 Å². The van der Waals surface area contributed by atoms with Crippen LogP contribution >= 0.6 is 0 Å². The highest BCUT2D eigenvalue weighted by Gasteiger charge is 2.16. The second-order valence-corrected chi connectivity index (χ2v) is 5.75. The summed E-state index contributed by atoms with van der Waals surface area (Å²) in [5, 5.41) is 2.76. The Labute approximate surface area is 142 Å². The van der Waals surface area contributed by atoms with Crippen LogP contribution in [0, 0.1) is 13.8 Å². The Kier molecular flexibility index (Phi) is 5.58. The Morgan fingerprint density at radius 1 is 1.12 bits per heavy atom. The molecule has 0 fully saturated rings. The summed E-state index contributed by atoms with van der Waals surface area (Å²) in [5.41, 5.74) is 4.18. The van der Waals surface area contributed by atoms with Crippen molar-refractivity contribution in [1.29, 1.82) is 0 Å². The topological polar surface area (TPSA) is 58.6 Å². The second kappa shape index (κ2) is 7.64. The molecule has 0 aliphatic carbocycles. The molecular weight excluding hydrogens is 304 g/mol. The van der Waals surface area contributed by atoms with Crippen molar-refractivity contribution in [3.8, 4) is 0 Å². The molecule has 0 saturated carbocycles. The number of benzene rings is 2. The van der Waals surface area contributed by atoms with E-state index < -0.39 is 5.97 Å². The smallest absolute Gasteiger partial charge is 0.339 e. The van der Waals surface area contributed by atoms with Crippen LogP contribution in [0.1, 0.15) is 27.0 Å². The number of urea groups is 1. The molecule has 126 valence electrons. The Morgan fingerprint density at radius 2 is 1.83 bits per heavy atom. The van der Waals surface area contributed by atoms with E-state index in [1.807, 2.05) is 26.0 Å². The van der Waals surface area contributed by atoms with Crippen LogP contribution in [0.15, 0.2) is 42.5 Å². The summed E-state index contributed by atoms with van der Waals surface area (Å²) >= 11 is 0. The van der Waals surface area contributed by atoms with Gasteiger partial charge in [0.25, 0.3) is 0 Å². The molecular formula is C19H22N2O3. The molecule has 24 heavy (non-hydrogen) atoms. The first-order chi connectivity index (χ1) is 11.4. The van der Waals surface area contributed by atoms with Crippen LogP contribution in [-0.4, -0.2) is 31.1 Å². The number of esters is 1. The maximum atomic E-state index is 12.4. The number of nitrogens with one attached hydrogen (secondary N) is 1. The maximum absolute atomic E-state index is 12.4. The highest BCUT2D eigenvalue weighted by molar-refractivity contribution is 6.00. The lowest BCUT2D eigenvalue weighted by atomic mass is 10.1. The third-order valence-electron chi connectivity index (χ3n) is 3.83. The van der Waals surface area contributed by atoms with E-state index in [0.29, 0.717) is 17.8 Å². The van der Waals surface area contributed by atoms with Gasteiger partial charge in [-0.1, -0.05) is 35.9 Å². The van der Waals surface area contributed by atoms with Crippen molar-refractivity contribution in [2.75, 3.05) is 19.5 Å². The summed E-state index contributed by atoms with van der Waals surface area (Å²) < 4.78 is 4.74. The zero-order chi connectivity index (χ0) is 17.7. The number of hydrogen-bond acceptors (Lipinski definition) is 3. The monoisotopic (exact) mass is 326 g/mol. The summed E-state index contributed by atoms with van der Waals surface area (Å²) in [6.45, 7) is 4.55. The van der Waals surface area contributed by atoms with Crippen molar-refractivity contribution in [3.05, 3.63) is 64.7 Å². The number of nitrogens with zero attached hydrogens (tertiary/aromatic N) is 1. The van der Waals surface area contributed by atoms with Crippen molar-refractivity contribution in [2.45, 2.75) is 20.4 Å². The van der Waals surface area contributed by atoms with Gasteiger partial charge in [-0.05, 0) is 37.1 Å². The van der Waals surface area contributed by atoms with Gasteiger partial charge >= 0.3 is 12.0 Å². The third kappa shape index (κ3) is 4.13. The van der Waals surface area contributed by atoms with E-state index in [0.717, 1.165) is 11.1 Å². The fraction of sp³-hybridized carbons (Fsp3) is 0.263. The summed E-state index contributed by atoms with van der Waals surface area (Å²) in [6, 6.07) is 12.6. The molecule has 0 spiro atoms. The van der Waals surface area contributed by atoms with E-state index in [9.17, 15) is 9.59 Å². The molecule has 0 saturated heterocycles. The molecule has 0 aliphatic rings. The van der Waals surface area contributed by atoms with Crippen LogP contribution in [-0.2, 0) is 11.3 Å². The van der Waals surface area contributed by atoms with Gasteiger partial charge in [0, 0.05) is 13.6 Å². The van der Waals surface area contributed by atoms with E-state index in [4.69, 9.17) is 4.74 Å². The first-order valence-corrected chi connectivity index (χ1v) is 7.68. The minimum Gasteiger partial charge on any atom is -0.465 e. The lowest BCUT2D eigenvalue weighted by molar-refractivity contribution is 0.0602. The zero-order valence-electron chi connectivity index (χ0n) is 14.4. The van der Waals surface area contributed by atoms with Gasteiger partial charge in [-0.2, -0.15) is 0 Å². The Bertz CT molecular complexity index is 756. The lowest BCUT2D eigenvalue weighted by Gasteiger charge is -2.20.